The molecule has 0 spiro atoms. The highest BCUT2D eigenvalue weighted by molar-refractivity contribution is 5.84. The van der Waals surface area contributed by atoms with E-state index in [-0.39, 0.29) is 5.92 Å². The molecule has 3 nitrogen and oxygen atoms in total. The van der Waals surface area contributed by atoms with Crippen molar-refractivity contribution in [1.29, 1.82) is 5.26 Å². The SMILES string of the molecule is CC.CC(C#N)c1cncc2cnccc12. The molecule has 2 rings (SSSR count). The first-order chi connectivity index (χ1) is 7.83. The molecule has 3 heteroatoms. The summed E-state index contributed by atoms with van der Waals surface area (Å²) in [6.07, 6.45) is 7.00. The maximum absolute atomic E-state index is 8.85. The summed E-state index contributed by atoms with van der Waals surface area (Å²) < 4.78 is 0. The van der Waals surface area contributed by atoms with E-state index in [1.807, 2.05) is 26.8 Å². The second-order valence-corrected chi connectivity index (χ2v) is 3.18. The number of aromatic nitrogens is 2. The third-order valence-electron chi connectivity index (χ3n) is 2.25. The largest absolute Gasteiger partial charge is 0.264 e. The molecule has 0 radical (unpaired) electrons. The zero-order valence-electron chi connectivity index (χ0n) is 9.81. The standard InChI is InChI=1S/C11H9N3.C2H6/c1-8(4-12)11-7-14-6-9-5-13-3-2-10(9)11;1-2/h2-3,5-8H,1H3;1-2H3. The predicted octanol–water partition coefficient (Wildman–Crippen LogP) is 3.28. The van der Waals surface area contributed by atoms with Gasteiger partial charge in [0.25, 0.3) is 0 Å². The zero-order valence-corrected chi connectivity index (χ0v) is 9.81. The molecule has 0 saturated heterocycles. The Kier molecular flexibility index (Phi) is 4.41. The van der Waals surface area contributed by atoms with Gasteiger partial charge in [-0.2, -0.15) is 5.26 Å². The van der Waals surface area contributed by atoms with E-state index in [4.69, 9.17) is 5.26 Å². The van der Waals surface area contributed by atoms with Crippen LogP contribution in [0.2, 0.25) is 0 Å². The van der Waals surface area contributed by atoms with E-state index in [1.165, 1.54) is 0 Å². The maximum atomic E-state index is 8.85. The van der Waals surface area contributed by atoms with Gasteiger partial charge in [0.05, 0.1) is 12.0 Å². The van der Waals surface area contributed by atoms with Gasteiger partial charge in [0.2, 0.25) is 0 Å². The van der Waals surface area contributed by atoms with Crippen LogP contribution in [0, 0.1) is 11.3 Å². The van der Waals surface area contributed by atoms with Crippen molar-refractivity contribution in [3.05, 3.63) is 36.4 Å². The molecule has 0 aliphatic heterocycles. The van der Waals surface area contributed by atoms with Gasteiger partial charge in [-0.15, -0.1) is 0 Å². The summed E-state index contributed by atoms with van der Waals surface area (Å²) in [6.45, 7) is 5.87. The van der Waals surface area contributed by atoms with E-state index < -0.39 is 0 Å². The fourth-order valence-corrected chi connectivity index (χ4v) is 1.45. The number of nitriles is 1. The molecule has 2 aromatic heterocycles. The Morgan fingerprint density at radius 1 is 1.19 bits per heavy atom. The second-order valence-electron chi connectivity index (χ2n) is 3.18. The first kappa shape index (κ1) is 12.1. The van der Waals surface area contributed by atoms with Crippen molar-refractivity contribution in [3.8, 4) is 6.07 Å². The minimum atomic E-state index is -0.131. The molecule has 0 N–H and O–H groups in total. The summed E-state index contributed by atoms with van der Waals surface area (Å²) >= 11 is 0. The topological polar surface area (TPSA) is 49.6 Å². The van der Waals surface area contributed by atoms with Gasteiger partial charge < -0.3 is 0 Å². The molecule has 2 aromatic rings. The van der Waals surface area contributed by atoms with E-state index in [2.05, 4.69) is 16.0 Å². The molecule has 1 atom stereocenters. The normalized spacial score (nSPS) is 11.1. The van der Waals surface area contributed by atoms with Crippen LogP contribution < -0.4 is 0 Å². The Morgan fingerprint density at radius 3 is 2.56 bits per heavy atom. The lowest BCUT2D eigenvalue weighted by Crippen LogP contribution is -1.92. The number of hydrogen-bond acceptors (Lipinski definition) is 3. The van der Waals surface area contributed by atoms with Crippen molar-refractivity contribution in [2.24, 2.45) is 0 Å². The van der Waals surface area contributed by atoms with Gasteiger partial charge >= 0.3 is 0 Å². The summed E-state index contributed by atoms with van der Waals surface area (Å²) in [7, 11) is 0. The molecule has 0 aliphatic carbocycles. The number of hydrogen-bond donors (Lipinski definition) is 0. The Morgan fingerprint density at radius 2 is 1.88 bits per heavy atom. The number of fused-ring (bicyclic) bond motifs is 1. The van der Waals surface area contributed by atoms with Crippen molar-refractivity contribution in [3.63, 3.8) is 0 Å². The van der Waals surface area contributed by atoms with Crippen LogP contribution in [0.1, 0.15) is 32.3 Å². The van der Waals surface area contributed by atoms with E-state index in [0.717, 1.165) is 16.3 Å². The van der Waals surface area contributed by atoms with Gasteiger partial charge in [-0.3, -0.25) is 9.97 Å². The van der Waals surface area contributed by atoms with Crippen LogP contribution in [0.4, 0.5) is 0 Å². The predicted molar refractivity (Wildman–Crippen MR) is 64.9 cm³/mol. The summed E-state index contributed by atoms with van der Waals surface area (Å²) in [6, 6.07) is 4.13. The molecule has 1 unspecified atom stereocenters. The Bertz CT molecular complexity index is 494. The smallest absolute Gasteiger partial charge is 0.0705 e. The van der Waals surface area contributed by atoms with Crippen LogP contribution in [0.5, 0.6) is 0 Å². The maximum Gasteiger partial charge on any atom is 0.0705 e. The first-order valence-corrected chi connectivity index (χ1v) is 5.40. The molecular formula is C13H15N3. The van der Waals surface area contributed by atoms with Gasteiger partial charge in [0, 0.05) is 30.2 Å². The molecule has 0 aromatic carbocycles. The monoisotopic (exact) mass is 213 g/mol. The highest BCUT2D eigenvalue weighted by atomic mass is 14.7. The number of nitrogens with zero attached hydrogens (tertiary/aromatic N) is 3. The van der Waals surface area contributed by atoms with E-state index in [1.54, 1.807) is 24.8 Å². The second kappa shape index (κ2) is 5.82. The van der Waals surface area contributed by atoms with E-state index in [9.17, 15) is 0 Å². The van der Waals surface area contributed by atoms with Crippen LogP contribution in [-0.4, -0.2) is 9.97 Å². The van der Waals surface area contributed by atoms with Crippen LogP contribution in [0.15, 0.2) is 30.9 Å². The summed E-state index contributed by atoms with van der Waals surface area (Å²) in [4.78, 5) is 8.11. The highest BCUT2D eigenvalue weighted by Gasteiger charge is 2.08. The Labute approximate surface area is 95.8 Å². The third-order valence-corrected chi connectivity index (χ3v) is 2.25. The van der Waals surface area contributed by atoms with Gasteiger partial charge in [0.15, 0.2) is 0 Å². The molecule has 0 aliphatic rings. The van der Waals surface area contributed by atoms with Crippen molar-refractivity contribution < 1.29 is 0 Å². The van der Waals surface area contributed by atoms with Crippen LogP contribution >= 0.6 is 0 Å². The Balaban J connectivity index is 0.000000606. The zero-order chi connectivity index (χ0) is 12.0. The van der Waals surface area contributed by atoms with Gasteiger partial charge in [-0.05, 0) is 23.9 Å². The molecule has 82 valence electrons. The lowest BCUT2D eigenvalue weighted by Gasteiger charge is -2.05. The minimum absolute atomic E-state index is 0.131. The van der Waals surface area contributed by atoms with Gasteiger partial charge in [-0.1, -0.05) is 13.8 Å². The molecule has 0 saturated carbocycles. The van der Waals surface area contributed by atoms with Crippen LogP contribution in [0.3, 0.4) is 0 Å². The fraction of sp³-hybridized carbons (Fsp3) is 0.308. The molecular weight excluding hydrogens is 198 g/mol. The molecule has 0 fully saturated rings. The van der Waals surface area contributed by atoms with Crippen molar-refractivity contribution in [1.82, 2.24) is 9.97 Å². The van der Waals surface area contributed by atoms with Gasteiger partial charge in [-0.25, -0.2) is 0 Å². The lowest BCUT2D eigenvalue weighted by molar-refractivity contribution is 0.981. The lowest BCUT2D eigenvalue weighted by atomic mass is 10.00. The van der Waals surface area contributed by atoms with E-state index >= 15 is 0 Å². The third kappa shape index (κ3) is 2.34. The Hall–Kier alpha value is -1.95. The highest BCUT2D eigenvalue weighted by Crippen LogP contribution is 2.22. The van der Waals surface area contributed by atoms with Crippen LogP contribution in [0.25, 0.3) is 10.8 Å². The van der Waals surface area contributed by atoms with Crippen molar-refractivity contribution >= 4 is 10.8 Å². The quantitative estimate of drug-likeness (QED) is 0.730. The molecule has 0 bridgehead atoms. The summed E-state index contributed by atoms with van der Waals surface area (Å²) in [5.41, 5.74) is 0.965. The van der Waals surface area contributed by atoms with E-state index in [0.29, 0.717) is 0 Å². The average molecular weight is 213 g/mol. The van der Waals surface area contributed by atoms with Gasteiger partial charge in [0.1, 0.15) is 0 Å². The molecule has 2 heterocycles. The van der Waals surface area contributed by atoms with Crippen molar-refractivity contribution in [2.75, 3.05) is 0 Å². The summed E-state index contributed by atoms with van der Waals surface area (Å²) in [5, 5.41) is 10.9. The number of rotatable bonds is 1. The van der Waals surface area contributed by atoms with Crippen molar-refractivity contribution in [2.45, 2.75) is 26.7 Å². The van der Waals surface area contributed by atoms with Crippen LogP contribution in [-0.2, 0) is 0 Å². The fourth-order valence-electron chi connectivity index (χ4n) is 1.45. The number of pyridine rings is 2. The average Bonchev–Trinajstić information content (AvgIpc) is 2.39. The molecule has 0 amide bonds. The first-order valence-electron chi connectivity index (χ1n) is 5.40. The minimum Gasteiger partial charge on any atom is -0.264 e. The molecule has 16 heavy (non-hydrogen) atoms. The summed E-state index contributed by atoms with van der Waals surface area (Å²) in [5.74, 6) is -0.131.